The lowest BCUT2D eigenvalue weighted by molar-refractivity contribution is -0.142. The van der Waals surface area contributed by atoms with Crippen molar-refractivity contribution in [3.63, 3.8) is 0 Å². The molecule has 0 spiro atoms. The Morgan fingerprint density at radius 2 is 0.890 bits per heavy atom. The van der Waals surface area contributed by atoms with Crippen molar-refractivity contribution in [3.8, 4) is 0 Å². The zero-order valence-electron chi connectivity index (χ0n) is 77.9. The number of halogens is 12. The average molecular weight is 1990 g/mol. The summed E-state index contributed by atoms with van der Waals surface area (Å²) in [5.74, 6) is -2.71. The van der Waals surface area contributed by atoms with E-state index in [0.29, 0.717) is 178 Å². The number of carbonyl (C=O) groups excluding carboxylic acids is 5. The van der Waals surface area contributed by atoms with Gasteiger partial charge < -0.3 is 72.7 Å². The van der Waals surface area contributed by atoms with Gasteiger partial charge in [0.25, 0.3) is 23.6 Å². The summed E-state index contributed by atoms with van der Waals surface area (Å²) >= 11 is 32.0. The number of benzene rings is 5. The number of aliphatic hydroxyl groups is 2. The Hall–Kier alpha value is -7.77. The molecular formula is C104H126Cl5F7N8O12. The van der Waals surface area contributed by atoms with Gasteiger partial charge in [0.15, 0.2) is 11.6 Å². The van der Waals surface area contributed by atoms with Crippen molar-refractivity contribution >= 4 is 142 Å². The van der Waals surface area contributed by atoms with E-state index in [1.54, 1.807) is 68.1 Å². The minimum Gasteiger partial charge on any atom is -0.390 e. The van der Waals surface area contributed by atoms with Gasteiger partial charge in [0.2, 0.25) is 0 Å². The highest BCUT2D eigenvalue weighted by Crippen LogP contribution is 2.47. The normalized spacial score (nSPS) is 26.8. The standard InChI is InChI=1S/C22H26ClF2NO3.C22H27ClFNO2.C20H24ClF3N2O2.C20H24ClFN2O2.C20H25ClN2O3/c1-14-12-21(28,9-10-22(14,24)25)8-7-18(27)15-13-26(19-6-3-11-29-19)17-5-2-4-16(23)20(15)17;1-22(24)10-7-15(8-11-22)5-6-20(26)17-14-25(13-16-9-12-27-16)19-4-2-3-18(23)21(17)19;1-20(24)7-5-13(6-8-20)11-25-18(27)14-12-26(9-10-28-19(22)23)16-4-2-3-15(21)17(14)16;1-20(22)7-5-13(6-8-20)9-23-19(25)15-10-24(14-11-26-12-14)17-4-2-3-16(21)18(15)17;1-13-4-3-7-20(25,8-13)12-22-19(24)15-9-23(14-10-26-11-14)17-6-2-5-16(21)18(15)17/h2,4-5,13-14,19,28H,3,6-12H2,1H3;2-4,14-16H,5-13H2,1H3;2-4,12-13,19H,5-11H2,1H3,(H,25,27);2-4,10,13-14H,5-9,11-12H2,1H3,(H,23,25);2,5-6,9,13-14,25H,3-4,7-8,10-12H2,1H3,(H,22,24)/t;;;;13-,20-/m....1/s1. The number of amides is 3. The number of aromatic nitrogens is 5. The predicted molar refractivity (Wildman–Crippen MR) is 519 cm³/mol. The molecule has 4 unspecified atom stereocenters. The van der Waals surface area contributed by atoms with Crippen molar-refractivity contribution < 1.29 is 88.6 Å². The zero-order valence-corrected chi connectivity index (χ0v) is 81.7. The summed E-state index contributed by atoms with van der Waals surface area (Å²) in [6, 6.07) is 28.4. The molecule has 136 heavy (non-hydrogen) atoms. The van der Waals surface area contributed by atoms with Gasteiger partial charge in [-0.2, -0.15) is 8.78 Å². The number of carbonyl (C=O) groups is 5. The van der Waals surface area contributed by atoms with Crippen LogP contribution in [0.5, 0.6) is 0 Å². The van der Waals surface area contributed by atoms with Crippen molar-refractivity contribution in [2.75, 3.05) is 65.9 Å². The van der Waals surface area contributed by atoms with Gasteiger partial charge in [-0.1, -0.05) is 115 Å². The lowest BCUT2D eigenvalue weighted by Gasteiger charge is -2.40. The van der Waals surface area contributed by atoms with Gasteiger partial charge in [0.05, 0.1) is 132 Å². The first-order chi connectivity index (χ1) is 64.8. The molecule has 6 atom stereocenters. The number of nitrogens with zero attached hydrogens (tertiary/aromatic N) is 5. The molecule has 9 fully saturated rings. The lowest BCUT2D eigenvalue weighted by Crippen LogP contribution is -2.45. The largest absolute Gasteiger partial charge is 0.390 e. The van der Waals surface area contributed by atoms with E-state index in [9.17, 15) is 64.9 Å². The molecule has 0 radical (unpaired) electrons. The van der Waals surface area contributed by atoms with Gasteiger partial charge in [-0.3, -0.25) is 24.0 Å². The first-order valence-corrected chi connectivity index (χ1v) is 50.2. The molecule has 3 amide bonds. The second-order valence-corrected chi connectivity index (χ2v) is 42.3. The number of ether oxygens (including phenoxy) is 5. The molecule has 9 heterocycles. The van der Waals surface area contributed by atoms with Crippen molar-refractivity contribution in [3.05, 3.63) is 175 Å². The Balaban J connectivity index is 0.000000129. The van der Waals surface area contributed by atoms with Crippen LogP contribution in [0, 0.1) is 29.6 Å². The number of nitrogens with one attached hydrogen (secondary N) is 3. The molecule has 4 saturated heterocycles. The van der Waals surface area contributed by atoms with Crippen LogP contribution >= 0.6 is 58.0 Å². The van der Waals surface area contributed by atoms with E-state index in [1.165, 1.54) is 6.92 Å². The van der Waals surface area contributed by atoms with Crippen molar-refractivity contribution in [1.29, 1.82) is 0 Å². The minimum atomic E-state index is -2.84. The molecule has 32 heteroatoms. The SMILES string of the molecule is CC1(F)CCC(CCC(=O)c2cn(CC3CCO3)c3cccc(Cl)c23)CC1.CC1(F)CCC(CNC(=O)c2cn(C3COC3)c3cccc(Cl)c23)CC1.CC1(F)CCC(CNC(=O)c2cn(CCOC(F)F)c3cccc(Cl)c23)CC1.CC1CC(O)(CCC(=O)c2cn(C3CCCO3)c3cccc(Cl)c23)CCC1(F)F.C[C@@H]1CCC[C@](O)(CNC(=O)c2cn(C3COC3)c3cccc(Cl)c23)C1. The molecule has 19 rings (SSSR count). The molecule has 9 aliphatic rings. The summed E-state index contributed by atoms with van der Waals surface area (Å²) in [4.78, 5) is 64.5. The maximum Gasteiger partial charge on any atom is 0.345 e. The molecule has 5 N–H and O–H groups in total. The number of rotatable bonds is 26. The van der Waals surface area contributed by atoms with Gasteiger partial charge >= 0.3 is 6.61 Å². The molecule has 5 aromatic heterocycles. The zero-order chi connectivity index (χ0) is 96.8. The second kappa shape index (κ2) is 44.2. The highest BCUT2D eigenvalue weighted by atomic mass is 35.5. The molecular weight excluding hydrogens is 1860 g/mol. The van der Waals surface area contributed by atoms with Crippen molar-refractivity contribution in [2.24, 2.45) is 29.6 Å². The molecule has 4 aliphatic heterocycles. The third-order valence-corrected chi connectivity index (χ3v) is 31.2. The van der Waals surface area contributed by atoms with Gasteiger partial charge in [0.1, 0.15) is 23.2 Å². The van der Waals surface area contributed by atoms with Crippen LogP contribution in [0.25, 0.3) is 54.5 Å². The van der Waals surface area contributed by atoms with Gasteiger partial charge in [-0.25, -0.2) is 22.0 Å². The Kier molecular flexibility index (Phi) is 33.3. The summed E-state index contributed by atoms with van der Waals surface area (Å²) in [5, 5.41) is 36.8. The number of fused-ring (bicyclic) bond motifs is 5. The van der Waals surface area contributed by atoms with Crippen LogP contribution < -0.4 is 16.0 Å². The smallest absolute Gasteiger partial charge is 0.345 e. The molecule has 20 nitrogen and oxygen atoms in total. The molecule has 0 bridgehead atoms. The molecule has 5 aromatic carbocycles. The van der Waals surface area contributed by atoms with Gasteiger partial charge in [0, 0.05) is 140 Å². The fourth-order valence-corrected chi connectivity index (χ4v) is 22.3. The van der Waals surface area contributed by atoms with Gasteiger partial charge in [-0.05, 0) is 240 Å². The first kappa shape index (κ1) is 103. The van der Waals surface area contributed by atoms with Crippen LogP contribution in [0.3, 0.4) is 0 Å². The summed E-state index contributed by atoms with van der Waals surface area (Å²) in [6.45, 7) is 11.9. The summed E-state index contributed by atoms with van der Waals surface area (Å²) in [5.41, 5.74) is 1.97. The van der Waals surface area contributed by atoms with E-state index in [1.807, 2.05) is 83.8 Å². The Morgan fingerprint density at radius 3 is 1.35 bits per heavy atom. The maximum absolute atomic E-state index is 14.0. The van der Waals surface area contributed by atoms with Crippen LogP contribution in [-0.4, -0.2) is 175 Å². The molecule has 5 aliphatic carbocycles. The third-order valence-electron chi connectivity index (χ3n) is 29.6. The highest BCUT2D eigenvalue weighted by Gasteiger charge is 2.48. The first-order valence-electron chi connectivity index (χ1n) is 48.3. The summed E-state index contributed by atoms with van der Waals surface area (Å²) < 4.78 is 130. The highest BCUT2D eigenvalue weighted by molar-refractivity contribution is 6.39. The average Bonchev–Trinajstić information content (AvgIpc) is 1.62. The quantitative estimate of drug-likeness (QED) is 0.0252. The molecule has 5 saturated carbocycles. The molecule has 10 aromatic rings. The van der Waals surface area contributed by atoms with E-state index in [-0.39, 0.29) is 111 Å². The number of hydrogen-bond acceptors (Lipinski definition) is 12. The maximum atomic E-state index is 14.0. The summed E-state index contributed by atoms with van der Waals surface area (Å²) in [6.07, 6.45) is 25.2. The fraction of sp³-hybridized carbons (Fsp3) is 0.567. The van der Waals surface area contributed by atoms with E-state index >= 15 is 0 Å². The third kappa shape index (κ3) is 24.9. The van der Waals surface area contributed by atoms with Crippen LogP contribution in [0.15, 0.2) is 122 Å². The minimum absolute atomic E-state index is 0.00566. The van der Waals surface area contributed by atoms with E-state index < -0.39 is 46.7 Å². The van der Waals surface area contributed by atoms with E-state index in [4.69, 9.17) is 77.0 Å². The number of Topliss-reactive ketones (excluding diaryl/α,β-unsaturated/α-hetero) is 2. The molecule has 738 valence electrons. The Morgan fingerprint density at radius 1 is 0.463 bits per heavy atom. The summed E-state index contributed by atoms with van der Waals surface area (Å²) in [7, 11) is 0. The van der Waals surface area contributed by atoms with Crippen LogP contribution in [0.1, 0.15) is 272 Å². The Bertz CT molecular complexity index is 5870. The lowest BCUT2D eigenvalue weighted by atomic mass is 9.74. The number of hydrogen-bond donors (Lipinski definition) is 5. The number of alkyl halides is 7. The second-order valence-electron chi connectivity index (χ2n) is 40.3. The van der Waals surface area contributed by atoms with Crippen LogP contribution in [-0.2, 0) is 36.8 Å². The van der Waals surface area contributed by atoms with Crippen molar-refractivity contribution in [2.45, 2.75) is 280 Å². The Labute approximate surface area is 814 Å². The van der Waals surface area contributed by atoms with E-state index in [0.717, 1.165) is 141 Å². The topological polar surface area (TPSA) is 233 Å². The fourth-order valence-electron chi connectivity index (χ4n) is 21.0. The predicted octanol–water partition coefficient (Wildman–Crippen LogP) is 25.0. The van der Waals surface area contributed by atoms with Gasteiger partial charge in [-0.15, -0.1) is 0 Å². The van der Waals surface area contributed by atoms with Crippen molar-refractivity contribution in [1.82, 2.24) is 38.8 Å². The van der Waals surface area contributed by atoms with Crippen LogP contribution in [0.2, 0.25) is 25.1 Å². The monoisotopic (exact) mass is 1990 g/mol. The number of ketones is 2. The van der Waals surface area contributed by atoms with E-state index in [2.05, 4.69) is 41.3 Å². The van der Waals surface area contributed by atoms with Crippen LogP contribution in [0.4, 0.5) is 30.7 Å².